The number of phenols is 2. The van der Waals surface area contributed by atoms with Crippen LogP contribution in [-0.2, 0) is 20.8 Å². The van der Waals surface area contributed by atoms with Crippen LogP contribution in [0.3, 0.4) is 0 Å². The van der Waals surface area contributed by atoms with Crippen LogP contribution in [0.1, 0.15) is 101 Å². The van der Waals surface area contributed by atoms with E-state index in [4.69, 9.17) is 27.0 Å². The molecular formula is C60H54Cl2F4N2O2Zr. The third kappa shape index (κ3) is 14.1. The Morgan fingerprint density at radius 3 is 0.901 bits per heavy atom. The van der Waals surface area contributed by atoms with Gasteiger partial charge in [-0.3, -0.25) is 9.98 Å². The molecule has 362 valence electrons. The first kappa shape index (κ1) is 54.2. The van der Waals surface area contributed by atoms with Crippen molar-refractivity contribution in [3.05, 3.63) is 258 Å². The Balaban J connectivity index is 0.000000220. The molecule has 8 aromatic rings. The van der Waals surface area contributed by atoms with Gasteiger partial charge in [-0.2, -0.15) is 0 Å². The zero-order valence-corrected chi connectivity index (χ0v) is 44.7. The fraction of sp³-hybridized carbons (Fsp3) is 0.167. The summed E-state index contributed by atoms with van der Waals surface area (Å²) in [7, 11) is 9.87. The summed E-state index contributed by atoms with van der Waals surface area (Å²) in [6, 6.07) is 41.4. The Kier molecular flexibility index (Phi) is 19.0. The van der Waals surface area contributed by atoms with Crippen LogP contribution in [0, 0.1) is 78.7 Å². The standard InChI is InChI=1S/2C30H27F2NO.2ClH.Zr/c2*1-18-14-21(4)30(34)24(15-18)17-33-29-20(3)13-19(2)16-27(29)28(22-5-9-25(31)10-6-22)23-7-11-26(32)12-8-23;;;/h2*5-17,28,34H,1-4H3;2*1H;/q;;;;+2/p-2. The summed E-state index contributed by atoms with van der Waals surface area (Å²) >= 11 is -0.826. The van der Waals surface area contributed by atoms with E-state index in [1.54, 1.807) is 61.0 Å². The van der Waals surface area contributed by atoms with Gasteiger partial charge in [-0.25, -0.2) is 17.6 Å². The second-order valence-corrected chi connectivity index (χ2v) is 21.5. The van der Waals surface area contributed by atoms with Gasteiger partial charge >= 0.3 is 37.9 Å². The molecule has 11 heteroatoms. The molecule has 0 atom stereocenters. The van der Waals surface area contributed by atoms with Gasteiger partial charge in [0.25, 0.3) is 0 Å². The summed E-state index contributed by atoms with van der Waals surface area (Å²) in [5.74, 6) is -1.41. The van der Waals surface area contributed by atoms with Gasteiger partial charge in [0.2, 0.25) is 0 Å². The maximum atomic E-state index is 13.7. The first-order chi connectivity index (χ1) is 33.9. The minimum atomic E-state index is -0.826. The monoisotopic (exact) mass is 1070 g/mol. The normalized spacial score (nSPS) is 11.2. The Hall–Kier alpha value is -6.12. The second kappa shape index (κ2) is 24.8. The van der Waals surface area contributed by atoms with Gasteiger partial charge in [0.05, 0.1) is 11.4 Å². The number of aromatic hydroxyl groups is 2. The predicted octanol–water partition coefficient (Wildman–Crippen LogP) is 17.0. The SMILES string of the molecule is Cc1cc(C)c(O)c(C=Nc2c(C)cc(C)cc2C(c2ccc(F)cc2)c2ccc(F)cc2)c1.Cc1cc(C)c(O)c(C=Nc2c(C)cc(C)cc2C(c2ccc(F)cc2)c2ccc(F)cc2)c1.[Cl][Zr][Cl]. The van der Waals surface area contributed by atoms with E-state index < -0.39 is 20.8 Å². The molecule has 0 radical (unpaired) electrons. The van der Waals surface area contributed by atoms with Crippen molar-refractivity contribution in [3.8, 4) is 11.5 Å². The third-order valence-electron chi connectivity index (χ3n) is 12.0. The molecular weight excluding hydrogens is 1020 g/mol. The van der Waals surface area contributed by atoms with E-state index in [0.717, 1.165) is 89.3 Å². The number of halogens is 6. The average Bonchev–Trinajstić information content (AvgIpc) is 3.32. The number of phenolic OH excluding ortho intramolecular Hbond substituents is 2. The molecule has 0 amide bonds. The summed E-state index contributed by atoms with van der Waals surface area (Å²) < 4.78 is 54.9. The van der Waals surface area contributed by atoms with E-state index in [9.17, 15) is 27.8 Å². The van der Waals surface area contributed by atoms with Crippen molar-refractivity contribution in [2.24, 2.45) is 9.98 Å². The van der Waals surface area contributed by atoms with Crippen molar-refractivity contribution in [2.45, 2.75) is 67.2 Å². The molecule has 2 N–H and O–H groups in total. The van der Waals surface area contributed by atoms with E-state index in [1.165, 1.54) is 48.5 Å². The second-order valence-electron chi connectivity index (χ2n) is 17.7. The minimum absolute atomic E-state index is 0.203. The third-order valence-corrected chi connectivity index (χ3v) is 12.0. The molecule has 0 spiro atoms. The zero-order chi connectivity index (χ0) is 51.5. The van der Waals surface area contributed by atoms with E-state index in [0.29, 0.717) is 11.1 Å². The molecule has 0 bridgehead atoms. The Labute approximate surface area is 433 Å². The number of aryl methyl sites for hydroxylation is 8. The van der Waals surface area contributed by atoms with Gasteiger partial charge in [-0.15, -0.1) is 0 Å². The number of hydrogen-bond donors (Lipinski definition) is 2. The molecule has 0 fully saturated rings. The summed E-state index contributed by atoms with van der Waals surface area (Å²) in [6.07, 6.45) is 3.37. The van der Waals surface area contributed by atoms with Crippen molar-refractivity contribution >= 4 is 40.8 Å². The fourth-order valence-electron chi connectivity index (χ4n) is 8.95. The fourth-order valence-corrected chi connectivity index (χ4v) is 8.95. The van der Waals surface area contributed by atoms with Crippen molar-refractivity contribution in [2.75, 3.05) is 0 Å². The average molecular weight is 1070 g/mol. The van der Waals surface area contributed by atoms with E-state index in [1.807, 2.05) is 79.7 Å². The number of hydrogen-bond acceptors (Lipinski definition) is 4. The first-order valence-electron chi connectivity index (χ1n) is 22.8. The molecule has 0 aromatic heterocycles. The van der Waals surface area contributed by atoms with Gasteiger partial charge in [-0.1, -0.05) is 96.1 Å². The van der Waals surface area contributed by atoms with Gasteiger partial charge in [0.15, 0.2) is 0 Å². The van der Waals surface area contributed by atoms with Gasteiger partial charge in [0.1, 0.15) is 34.8 Å². The van der Waals surface area contributed by atoms with Crippen LogP contribution in [0.2, 0.25) is 0 Å². The van der Waals surface area contributed by atoms with Crippen molar-refractivity contribution < 1.29 is 48.6 Å². The molecule has 4 nitrogen and oxygen atoms in total. The number of rotatable bonds is 10. The van der Waals surface area contributed by atoms with Crippen LogP contribution in [0.15, 0.2) is 156 Å². The van der Waals surface area contributed by atoms with Gasteiger partial charge < -0.3 is 10.2 Å². The molecule has 0 aliphatic heterocycles. The Morgan fingerprint density at radius 1 is 0.394 bits per heavy atom. The number of benzene rings is 8. The first-order valence-corrected chi connectivity index (χ1v) is 29.1. The van der Waals surface area contributed by atoms with Gasteiger partial charge in [0, 0.05) is 35.4 Å². The molecule has 71 heavy (non-hydrogen) atoms. The van der Waals surface area contributed by atoms with Crippen LogP contribution in [0.4, 0.5) is 28.9 Å². The molecule has 0 saturated heterocycles. The summed E-state index contributed by atoms with van der Waals surface area (Å²) in [5, 5.41) is 21.1. The van der Waals surface area contributed by atoms with Crippen LogP contribution in [0.25, 0.3) is 0 Å². The molecule has 0 heterocycles. The van der Waals surface area contributed by atoms with Crippen molar-refractivity contribution in [3.63, 3.8) is 0 Å². The molecule has 0 aliphatic rings. The molecule has 0 unspecified atom stereocenters. The summed E-state index contributed by atoms with van der Waals surface area (Å²) in [4.78, 5) is 9.67. The van der Waals surface area contributed by atoms with E-state index >= 15 is 0 Å². The Bertz CT molecular complexity index is 2870. The maximum absolute atomic E-state index is 13.7. The van der Waals surface area contributed by atoms with Crippen LogP contribution in [0.5, 0.6) is 11.5 Å². The van der Waals surface area contributed by atoms with Gasteiger partial charge in [-0.05, 0) is 183 Å². The van der Waals surface area contributed by atoms with E-state index in [2.05, 4.69) is 24.3 Å². The van der Waals surface area contributed by atoms with Crippen LogP contribution >= 0.6 is 17.0 Å². The number of aliphatic imine (C=N–C) groups is 2. The molecule has 0 aliphatic carbocycles. The Morgan fingerprint density at radius 2 is 0.634 bits per heavy atom. The van der Waals surface area contributed by atoms with E-state index in [-0.39, 0.29) is 46.6 Å². The summed E-state index contributed by atoms with van der Waals surface area (Å²) in [6.45, 7) is 15.7. The van der Waals surface area contributed by atoms with Crippen molar-refractivity contribution in [1.29, 1.82) is 0 Å². The molecule has 8 aromatic carbocycles. The summed E-state index contributed by atoms with van der Waals surface area (Å²) in [5.41, 5.74) is 15.9. The topological polar surface area (TPSA) is 65.2 Å². The van der Waals surface area contributed by atoms with Crippen LogP contribution in [-0.4, -0.2) is 22.6 Å². The predicted molar refractivity (Wildman–Crippen MR) is 281 cm³/mol. The molecule has 0 saturated carbocycles. The quantitative estimate of drug-likeness (QED) is 0.0814. The number of nitrogens with zero attached hydrogens (tertiary/aromatic N) is 2. The van der Waals surface area contributed by atoms with Crippen LogP contribution < -0.4 is 0 Å². The molecule has 8 rings (SSSR count). The van der Waals surface area contributed by atoms with Crippen molar-refractivity contribution in [1.82, 2.24) is 0 Å². The zero-order valence-electron chi connectivity index (χ0n) is 40.7.